The van der Waals surface area contributed by atoms with E-state index in [4.69, 9.17) is 9.15 Å². The molecule has 2 aliphatic rings. The van der Waals surface area contributed by atoms with Crippen molar-refractivity contribution >= 4 is 22.6 Å². The van der Waals surface area contributed by atoms with Gasteiger partial charge in [0.05, 0.1) is 12.1 Å². The first-order valence-corrected chi connectivity index (χ1v) is 14.1. The van der Waals surface area contributed by atoms with E-state index in [2.05, 4.69) is 33.5 Å². The van der Waals surface area contributed by atoms with Crippen molar-refractivity contribution in [2.75, 3.05) is 31.6 Å². The number of hydrogen-bond donors (Lipinski definition) is 3. The molecule has 8 nitrogen and oxygen atoms in total. The Balaban J connectivity index is 1.50. The van der Waals surface area contributed by atoms with Crippen molar-refractivity contribution in [1.82, 2.24) is 15.2 Å². The van der Waals surface area contributed by atoms with E-state index in [1.807, 2.05) is 26.0 Å². The number of piperidine rings is 1. The van der Waals surface area contributed by atoms with Gasteiger partial charge in [-0.1, -0.05) is 13.3 Å². The SMILES string of the molecule is CCc1c(NC2CCOCC2)cc2oc(CN3CCCCC3)cc2c1C(=O)NCc1c(C)cc(C)[nH]c1=O. The molecule has 1 aromatic carbocycles. The second kappa shape index (κ2) is 11.7. The van der Waals surface area contributed by atoms with E-state index in [1.54, 1.807) is 0 Å². The number of fused-ring (bicyclic) bond motifs is 1. The summed E-state index contributed by atoms with van der Waals surface area (Å²) in [6.07, 6.45) is 6.26. The number of hydrogen-bond acceptors (Lipinski definition) is 6. The number of nitrogens with zero attached hydrogens (tertiary/aromatic N) is 1. The number of likely N-dealkylation sites (tertiary alicyclic amines) is 1. The standard InChI is InChI=1S/C30H40N4O4/c1-4-23-26(33-21-8-12-37-13-9-21)16-27-24(15-22(38-27)18-34-10-6-5-7-11-34)28(23)30(36)31-17-25-19(2)14-20(3)32-29(25)35/h14-16,21,33H,4-13,17-18H2,1-3H3,(H,31,36)(H,32,35). The number of carbonyl (C=O) groups is 1. The van der Waals surface area contributed by atoms with Crippen LogP contribution in [-0.4, -0.2) is 48.1 Å². The molecule has 5 rings (SSSR count). The average Bonchev–Trinajstić information content (AvgIpc) is 3.30. The number of amides is 1. The smallest absolute Gasteiger partial charge is 0.253 e. The van der Waals surface area contributed by atoms with Crippen LogP contribution >= 0.6 is 0 Å². The molecule has 0 saturated carbocycles. The number of ether oxygens (including phenoxy) is 1. The van der Waals surface area contributed by atoms with E-state index in [-0.39, 0.29) is 18.0 Å². The Hall–Kier alpha value is -3.10. The van der Waals surface area contributed by atoms with E-state index in [0.29, 0.717) is 23.6 Å². The number of H-pyrrole nitrogens is 1. The van der Waals surface area contributed by atoms with Gasteiger partial charge in [-0.15, -0.1) is 0 Å². The Morgan fingerprint density at radius 3 is 2.55 bits per heavy atom. The number of benzene rings is 1. The molecule has 204 valence electrons. The third kappa shape index (κ3) is 5.81. The van der Waals surface area contributed by atoms with Crippen molar-refractivity contribution in [3.05, 3.63) is 62.3 Å². The number of carbonyl (C=O) groups excluding carboxylic acids is 1. The predicted octanol–water partition coefficient (Wildman–Crippen LogP) is 4.81. The van der Waals surface area contributed by atoms with Crippen LogP contribution in [0.25, 0.3) is 11.0 Å². The van der Waals surface area contributed by atoms with E-state index >= 15 is 0 Å². The zero-order valence-electron chi connectivity index (χ0n) is 22.9. The normalized spacial score (nSPS) is 17.1. The summed E-state index contributed by atoms with van der Waals surface area (Å²) in [7, 11) is 0. The second-order valence-electron chi connectivity index (χ2n) is 10.7. The largest absolute Gasteiger partial charge is 0.460 e. The Kier molecular flexibility index (Phi) is 8.19. The summed E-state index contributed by atoms with van der Waals surface area (Å²) in [6, 6.07) is 6.33. The van der Waals surface area contributed by atoms with Gasteiger partial charge in [0.1, 0.15) is 11.3 Å². The fraction of sp³-hybridized carbons (Fsp3) is 0.533. The molecule has 0 bridgehead atoms. The highest BCUT2D eigenvalue weighted by atomic mass is 16.5. The molecule has 8 heteroatoms. The van der Waals surface area contributed by atoms with Gasteiger partial charge in [-0.3, -0.25) is 14.5 Å². The van der Waals surface area contributed by atoms with Crippen molar-refractivity contribution < 1.29 is 13.9 Å². The fourth-order valence-electron chi connectivity index (χ4n) is 5.87. The number of pyridine rings is 1. The molecule has 0 radical (unpaired) electrons. The summed E-state index contributed by atoms with van der Waals surface area (Å²) in [6.45, 7) is 10.4. The number of nitrogens with one attached hydrogen (secondary N) is 3. The molecule has 0 atom stereocenters. The summed E-state index contributed by atoms with van der Waals surface area (Å²) in [5.41, 5.74) is 5.37. The monoisotopic (exact) mass is 520 g/mol. The average molecular weight is 521 g/mol. The van der Waals surface area contributed by atoms with Crippen LogP contribution in [0.3, 0.4) is 0 Å². The number of aromatic nitrogens is 1. The van der Waals surface area contributed by atoms with E-state index in [1.165, 1.54) is 19.3 Å². The van der Waals surface area contributed by atoms with Crippen LogP contribution in [0, 0.1) is 13.8 Å². The molecule has 3 N–H and O–H groups in total. The van der Waals surface area contributed by atoms with Gasteiger partial charge in [-0.25, -0.2) is 0 Å². The summed E-state index contributed by atoms with van der Waals surface area (Å²) in [5, 5.41) is 7.57. The number of furan rings is 1. The first-order chi connectivity index (χ1) is 18.4. The van der Waals surface area contributed by atoms with Crippen molar-refractivity contribution in [2.24, 2.45) is 0 Å². The molecule has 3 aromatic rings. The number of anilines is 1. The molecule has 0 unspecified atom stereocenters. The molecule has 2 aliphatic heterocycles. The first-order valence-electron chi connectivity index (χ1n) is 14.1. The lowest BCUT2D eigenvalue weighted by atomic mass is 9.96. The maximum atomic E-state index is 13.8. The van der Waals surface area contributed by atoms with Crippen LogP contribution in [0.15, 0.2) is 27.4 Å². The summed E-state index contributed by atoms with van der Waals surface area (Å²) >= 11 is 0. The van der Waals surface area contributed by atoms with Crippen molar-refractivity contribution in [2.45, 2.75) is 78.4 Å². The maximum Gasteiger partial charge on any atom is 0.253 e. The van der Waals surface area contributed by atoms with Gasteiger partial charge in [0.15, 0.2) is 0 Å². The zero-order valence-corrected chi connectivity index (χ0v) is 22.9. The number of aryl methyl sites for hydroxylation is 2. The highest BCUT2D eigenvalue weighted by Crippen LogP contribution is 2.34. The van der Waals surface area contributed by atoms with E-state index in [0.717, 1.165) is 84.9 Å². The zero-order chi connectivity index (χ0) is 26.6. The molecular weight excluding hydrogens is 480 g/mol. The van der Waals surface area contributed by atoms with Crippen LogP contribution in [0.1, 0.15) is 77.5 Å². The minimum Gasteiger partial charge on any atom is -0.460 e. The third-order valence-corrected chi connectivity index (χ3v) is 7.89. The Bertz CT molecular complexity index is 1350. The van der Waals surface area contributed by atoms with Crippen LogP contribution in [0.4, 0.5) is 5.69 Å². The minimum absolute atomic E-state index is 0.161. The Labute approximate surface area is 224 Å². The molecule has 0 spiro atoms. The van der Waals surface area contributed by atoms with E-state index in [9.17, 15) is 9.59 Å². The van der Waals surface area contributed by atoms with Crippen LogP contribution in [0.5, 0.6) is 0 Å². The maximum absolute atomic E-state index is 13.8. The lowest BCUT2D eigenvalue weighted by Gasteiger charge is -2.26. The topological polar surface area (TPSA) is 99.6 Å². The molecule has 2 aromatic heterocycles. The number of rotatable bonds is 8. The fourth-order valence-corrected chi connectivity index (χ4v) is 5.87. The molecule has 2 fully saturated rings. The molecule has 2 saturated heterocycles. The van der Waals surface area contributed by atoms with Crippen molar-refractivity contribution in [1.29, 1.82) is 0 Å². The Morgan fingerprint density at radius 1 is 1.08 bits per heavy atom. The van der Waals surface area contributed by atoms with Gasteiger partial charge in [-0.2, -0.15) is 0 Å². The number of aromatic amines is 1. The highest BCUT2D eigenvalue weighted by molar-refractivity contribution is 6.09. The van der Waals surface area contributed by atoms with Crippen molar-refractivity contribution in [3.8, 4) is 0 Å². The molecule has 1 amide bonds. The Morgan fingerprint density at radius 2 is 1.84 bits per heavy atom. The summed E-state index contributed by atoms with van der Waals surface area (Å²) in [4.78, 5) is 31.7. The predicted molar refractivity (Wildman–Crippen MR) is 150 cm³/mol. The summed E-state index contributed by atoms with van der Waals surface area (Å²) < 4.78 is 11.9. The molecule has 0 aliphatic carbocycles. The second-order valence-corrected chi connectivity index (χ2v) is 10.7. The van der Waals surface area contributed by atoms with Crippen LogP contribution < -0.4 is 16.2 Å². The molecule has 38 heavy (non-hydrogen) atoms. The van der Waals surface area contributed by atoms with Crippen LogP contribution in [-0.2, 0) is 24.2 Å². The van der Waals surface area contributed by atoms with Gasteiger partial charge in [-0.05, 0) is 82.3 Å². The van der Waals surface area contributed by atoms with E-state index < -0.39 is 0 Å². The van der Waals surface area contributed by atoms with Gasteiger partial charge >= 0.3 is 0 Å². The van der Waals surface area contributed by atoms with Gasteiger partial charge in [0.2, 0.25) is 0 Å². The minimum atomic E-state index is -0.188. The van der Waals surface area contributed by atoms with Gasteiger partial charge in [0, 0.05) is 54.2 Å². The lowest BCUT2D eigenvalue weighted by Crippen LogP contribution is -2.30. The van der Waals surface area contributed by atoms with Gasteiger partial charge < -0.3 is 24.8 Å². The van der Waals surface area contributed by atoms with Crippen LogP contribution in [0.2, 0.25) is 0 Å². The quantitative estimate of drug-likeness (QED) is 0.394. The third-order valence-electron chi connectivity index (χ3n) is 7.89. The highest BCUT2D eigenvalue weighted by Gasteiger charge is 2.24. The van der Waals surface area contributed by atoms with Gasteiger partial charge in [0.25, 0.3) is 11.5 Å². The molecule has 4 heterocycles. The lowest BCUT2D eigenvalue weighted by molar-refractivity contribution is 0.0903. The summed E-state index contributed by atoms with van der Waals surface area (Å²) in [5.74, 6) is 0.694. The van der Waals surface area contributed by atoms with Crippen molar-refractivity contribution in [3.63, 3.8) is 0 Å². The molecular formula is C30H40N4O4. The first kappa shape index (κ1) is 26.5.